The first kappa shape index (κ1) is 17.2. The molecule has 0 spiro atoms. The van der Waals surface area contributed by atoms with Crippen molar-refractivity contribution in [2.24, 2.45) is 5.73 Å². The minimum atomic E-state index is -0.574. The van der Waals surface area contributed by atoms with Crippen LogP contribution in [0.2, 0.25) is 0 Å². The molecule has 0 bridgehead atoms. The SMILES string of the molecule is COc1cc([C@H](N)c2cccs2)c([N+](=O)[O-])cc1OC.Cl. The number of methoxy groups -OCH3 is 2. The molecule has 0 aliphatic rings. The highest BCUT2D eigenvalue weighted by Gasteiger charge is 2.25. The normalized spacial score (nSPS) is 11.4. The highest BCUT2D eigenvalue weighted by molar-refractivity contribution is 7.10. The molecule has 0 aliphatic carbocycles. The molecule has 0 saturated heterocycles. The van der Waals surface area contributed by atoms with E-state index in [1.54, 1.807) is 6.07 Å². The lowest BCUT2D eigenvalue weighted by Crippen LogP contribution is -2.13. The molecule has 0 radical (unpaired) electrons. The van der Waals surface area contributed by atoms with Gasteiger partial charge in [-0.15, -0.1) is 23.7 Å². The van der Waals surface area contributed by atoms with Gasteiger partial charge in [0.1, 0.15) is 0 Å². The molecule has 2 aromatic rings. The zero-order valence-corrected chi connectivity index (χ0v) is 13.1. The van der Waals surface area contributed by atoms with E-state index in [0.717, 1.165) is 4.88 Å². The predicted octanol–water partition coefficient (Wildman–Crippen LogP) is 3.14. The van der Waals surface area contributed by atoms with Crippen LogP contribution in [0.1, 0.15) is 16.5 Å². The maximum Gasteiger partial charge on any atom is 0.278 e. The van der Waals surface area contributed by atoms with E-state index in [1.165, 1.54) is 31.6 Å². The summed E-state index contributed by atoms with van der Waals surface area (Å²) in [7, 11) is 2.91. The number of rotatable bonds is 5. The van der Waals surface area contributed by atoms with Crippen LogP contribution in [0.3, 0.4) is 0 Å². The summed E-state index contributed by atoms with van der Waals surface area (Å²) in [4.78, 5) is 11.6. The Bertz CT molecular complexity index is 619. The van der Waals surface area contributed by atoms with Crippen LogP contribution in [0, 0.1) is 10.1 Å². The van der Waals surface area contributed by atoms with Gasteiger partial charge in [0, 0.05) is 4.88 Å². The van der Waals surface area contributed by atoms with E-state index in [4.69, 9.17) is 15.2 Å². The second-order valence-electron chi connectivity index (χ2n) is 4.02. The summed E-state index contributed by atoms with van der Waals surface area (Å²) in [5, 5.41) is 13.1. The Morgan fingerprint density at radius 1 is 1.29 bits per heavy atom. The molecule has 2 N–H and O–H groups in total. The largest absolute Gasteiger partial charge is 0.493 e. The second-order valence-corrected chi connectivity index (χ2v) is 5.00. The van der Waals surface area contributed by atoms with Gasteiger partial charge in [0.15, 0.2) is 11.5 Å². The van der Waals surface area contributed by atoms with E-state index < -0.39 is 11.0 Å². The topological polar surface area (TPSA) is 87.6 Å². The van der Waals surface area contributed by atoms with Crippen LogP contribution in [0.25, 0.3) is 0 Å². The second kappa shape index (κ2) is 7.26. The zero-order chi connectivity index (χ0) is 14.7. The highest BCUT2D eigenvalue weighted by atomic mass is 35.5. The third-order valence-corrected chi connectivity index (χ3v) is 3.87. The molecule has 1 atom stereocenters. The molecule has 1 aromatic heterocycles. The Kier molecular flexibility index (Phi) is 5.95. The average Bonchev–Trinajstić information content (AvgIpc) is 2.98. The Hall–Kier alpha value is -1.83. The minimum absolute atomic E-state index is 0. The van der Waals surface area contributed by atoms with Gasteiger partial charge in [-0.3, -0.25) is 10.1 Å². The van der Waals surface area contributed by atoms with E-state index in [1.807, 2.05) is 17.5 Å². The molecular formula is C13H15ClN2O4S. The lowest BCUT2D eigenvalue weighted by molar-refractivity contribution is -0.385. The number of nitrogens with zero attached hydrogens (tertiary/aromatic N) is 1. The Balaban J connectivity index is 0.00000220. The van der Waals surface area contributed by atoms with Crippen molar-refractivity contribution in [3.8, 4) is 11.5 Å². The summed E-state index contributed by atoms with van der Waals surface area (Å²) < 4.78 is 10.3. The summed E-state index contributed by atoms with van der Waals surface area (Å²) in [6.07, 6.45) is 0. The Labute approximate surface area is 132 Å². The number of hydrogen-bond acceptors (Lipinski definition) is 6. The van der Waals surface area contributed by atoms with E-state index in [-0.39, 0.29) is 18.1 Å². The number of nitro groups is 1. The first-order chi connectivity index (χ1) is 9.58. The van der Waals surface area contributed by atoms with Crippen molar-refractivity contribution in [1.82, 2.24) is 0 Å². The first-order valence-electron chi connectivity index (χ1n) is 5.77. The quantitative estimate of drug-likeness (QED) is 0.672. The molecule has 8 heteroatoms. The van der Waals surface area contributed by atoms with Gasteiger partial charge in [-0.1, -0.05) is 6.07 Å². The summed E-state index contributed by atoms with van der Waals surface area (Å²) in [6, 6.07) is 6.01. The van der Waals surface area contributed by atoms with Crippen LogP contribution in [-0.4, -0.2) is 19.1 Å². The van der Waals surface area contributed by atoms with Gasteiger partial charge in [0.05, 0.1) is 36.8 Å². The van der Waals surface area contributed by atoms with E-state index >= 15 is 0 Å². The molecule has 0 fully saturated rings. The van der Waals surface area contributed by atoms with Crippen molar-refractivity contribution < 1.29 is 14.4 Å². The number of benzene rings is 1. The standard InChI is InChI=1S/C13H14N2O4S.ClH/c1-18-10-6-8(13(14)12-4-3-5-20-12)9(15(16)17)7-11(10)19-2;/h3-7,13H,14H2,1-2H3;1H/t13-;/m0./s1. The average molecular weight is 331 g/mol. The Morgan fingerprint density at radius 3 is 2.38 bits per heavy atom. The van der Waals surface area contributed by atoms with E-state index in [2.05, 4.69) is 0 Å². The van der Waals surface area contributed by atoms with Crippen LogP contribution in [0.15, 0.2) is 29.6 Å². The van der Waals surface area contributed by atoms with E-state index in [0.29, 0.717) is 17.1 Å². The van der Waals surface area contributed by atoms with Crippen LogP contribution in [-0.2, 0) is 0 Å². The smallest absolute Gasteiger partial charge is 0.278 e. The van der Waals surface area contributed by atoms with Crippen molar-refractivity contribution in [1.29, 1.82) is 0 Å². The van der Waals surface area contributed by atoms with Gasteiger partial charge in [0.25, 0.3) is 5.69 Å². The van der Waals surface area contributed by atoms with Crippen LogP contribution >= 0.6 is 23.7 Å². The van der Waals surface area contributed by atoms with Crippen LogP contribution in [0.5, 0.6) is 11.5 Å². The van der Waals surface area contributed by atoms with Gasteiger partial charge < -0.3 is 15.2 Å². The van der Waals surface area contributed by atoms with Crippen molar-refractivity contribution in [2.45, 2.75) is 6.04 Å². The van der Waals surface area contributed by atoms with Crippen LogP contribution in [0.4, 0.5) is 5.69 Å². The fourth-order valence-corrected chi connectivity index (χ4v) is 2.66. The minimum Gasteiger partial charge on any atom is -0.493 e. The number of nitro benzene ring substituents is 1. The maximum atomic E-state index is 11.2. The maximum absolute atomic E-state index is 11.2. The number of halogens is 1. The fourth-order valence-electron chi connectivity index (χ4n) is 1.91. The number of hydrogen-bond donors (Lipinski definition) is 1. The lowest BCUT2D eigenvalue weighted by atomic mass is 10.0. The molecule has 0 unspecified atom stereocenters. The Morgan fingerprint density at radius 2 is 1.90 bits per heavy atom. The van der Waals surface area contributed by atoms with Gasteiger partial charge in [-0.25, -0.2) is 0 Å². The van der Waals surface area contributed by atoms with Crippen molar-refractivity contribution in [3.63, 3.8) is 0 Å². The number of nitrogens with two attached hydrogens (primary N) is 1. The zero-order valence-electron chi connectivity index (χ0n) is 11.4. The van der Waals surface area contributed by atoms with E-state index in [9.17, 15) is 10.1 Å². The molecule has 1 aromatic carbocycles. The molecule has 0 aliphatic heterocycles. The molecule has 0 amide bonds. The first-order valence-corrected chi connectivity index (χ1v) is 6.65. The highest BCUT2D eigenvalue weighted by Crippen LogP contribution is 2.39. The van der Waals surface area contributed by atoms with Crippen LogP contribution < -0.4 is 15.2 Å². The van der Waals surface area contributed by atoms with Crippen molar-refractivity contribution in [3.05, 3.63) is 50.2 Å². The van der Waals surface area contributed by atoms with Gasteiger partial charge in [-0.05, 0) is 17.5 Å². The molecule has 6 nitrogen and oxygen atoms in total. The van der Waals surface area contributed by atoms with Gasteiger partial charge in [0.2, 0.25) is 0 Å². The number of ether oxygens (including phenoxy) is 2. The summed E-state index contributed by atoms with van der Waals surface area (Å²) in [5.41, 5.74) is 6.44. The fraction of sp³-hybridized carbons (Fsp3) is 0.231. The third-order valence-electron chi connectivity index (χ3n) is 2.91. The lowest BCUT2D eigenvalue weighted by Gasteiger charge is -2.14. The monoisotopic (exact) mass is 330 g/mol. The van der Waals surface area contributed by atoms with Crippen molar-refractivity contribution in [2.75, 3.05) is 14.2 Å². The van der Waals surface area contributed by atoms with Gasteiger partial charge in [-0.2, -0.15) is 0 Å². The predicted molar refractivity (Wildman–Crippen MR) is 83.8 cm³/mol. The summed E-state index contributed by atoms with van der Waals surface area (Å²) >= 11 is 1.45. The van der Waals surface area contributed by atoms with Gasteiger partial charge >= 0.3 is 0 Å². The summed E-state index contributed by atoms with van der Waals surface area (Å²) in [5.74, 6) is 0.724. The summed E-state index contributed by atoms with van der Waals surface area (Å²) in [6.45, 7) is 0. The molecule has 1 heterocycles. The third kappa shape index (κ3) is 3.44. The molecule has 21 heavy (non-hydrogen) atoms. The molecule has 0 saturated carbocycles. The van der Waals surface area contributed by atoms with Crippen molar-refractivity contribution >= 4 is 29.4 Å². The number of thiophene rings is 1. The molecule has 114 valence electrons. The molecule has 2 rings (SSSR count). The molecular weight excluding hydrogens is 316 g/mol.